The van der Waals surface area contributed by atoms with Crippen LogP contribution in [0.2, 0.25) is 0 Å². The Labute approximate surface area is 142 Å². The molecular formula is C19H27FN2O2. The van der Waals surface area contributed by atoms with Gasteiger partial charge >= 0.3 is 5.76 Å². The molecule has 4 nitrogen and oxygen atoms in total. The second-order valence-electron chi connectivity index (χ2n) is 6.91. The SMILES string of the molecule is CCCCC1CCN(CCCn2c(=O)oc3cc(F)ccc32)CC1. The summed E-state index contributed by atoms with van der Waals surface area (Å²) in [5, 5.41) is 0. The fourth-order valence-electron chi connectivity index (χ4n) is 3.70. The van der Waals surface area contributed by atoms with Crippen LogP contribution in [0.5, 0.6) is 0 Å². The van der Waals surface area contributed by atoms with E-state index in [1.165, 1.54) is 57.3 Å². The van der Waals surface area contributed by atoms with Crippen LogP contribution in [0.3, 0.4) is 0 Å². The third-order valence-electron chi connectivity index (χ3n) is 5.16. The summed E-state index contributed by atoms with van der Waals surface area (Å²) in [5.41, 5.74) is 1.01. The first-order valence-electron chi connectivity index (χ1n) is 9.18. The van der Waals surface area contributed by atoms with Gasteiger partial charge in [-0.2, -0.15) is 0 Å². The van der Waals surface area contributed by atoms with E-state index in [-0.39, 0.29) is 5.82 Å². The number of aromatic nitrogens is 1. The molecular weight excluding hydrogens is 307 g/mol. The Morgan fingerprint density at radius 2 is 2.00 bits per heavy atom. The lowest BCUT2D eigenvalue weighted by atomic mass is 9.91. The molecule has 1 aliphatic heterocycles. The van der Waals surface area contributed by atoms with Gasteiger partial charge in [-0.3, -0.25) is 4.57 Å². The maximum Gasteiger partial charge on any atom is 0.419 e. The highest BCUT2D eigenvalue weighted by Crippen LogP contribution is 2.22. The largest absolute Gasteiger partial charge is 0.419 e. The van der Waals surface area contributed by atoms with Crippen LogP contribution in [0, 0.1) is 11.7 Å². The highest BCUT2D eigenvalue weighted by atomic mass is 19.1. The maximum absolute atomic E-state index is 13.2. The van der Waals surface area contributed by atoms with Gasteiger partial charge in [0.1, 0.15) is 5.82 Å². The first-order valence-corrected chi connectivity index (χ1v) is 9.18. The van der Waals surface area contributed by atoms with Gasteiger partial charge in [-0.15, -0.1) is 0 Å². The second kappa shape index (κ2) is 7.97. The third-order valence-corrected chi connectivity index (χ3v) is 5.16. The third kappa shape index (κ3) is 4.07. The van der Waals surface area contributed by atoms with Gasteiger partial charge in [-0.1, -0.05) is 26.2 Å². The van der Waals surface area contributed by atoms with Crippen molar-refractivity contribution in [2.75, 3.05) is 19.6 Å². The molecule has 0 radical (unpaired) electrons. The van der Waals surface area contributed by atoms with Crippen LogP contribution in [-0.4, -0.2) is 29.1 Å². The average Bonchev–Trinajstić information content (AvgIpc) is 2.89. The topological polar surface area (TPSA) is 38.4 Å². The second-order valence-corrected chi connectivity index (χ2v) is 6.91. The van der Waals surface area contributed by atoms with Gasteiger partial charge in [-0.05, 0) is 56.9 Å². The molecule has 0 amide bonds. The number of benzene rings is 1. The van der Waals surface area contributed by atoms with Crippen molar-refractivity contribution in [1.29, 1.82) is 0 Å². The Kier molecular flexibility index (Phi) is 5.72. The zero-order valence-electron chi connectivity index (χ0n) is 14.5. The molecule has 1 aromatic carbocycles. The predicted molar refractivity (Wildman–Crippen MR) is 93.7 cm³/mol. The molecule has 1 aromatic heterocycles. The lowest BCUT2D eigenvalue weighted by molar-refractivity contribution is 0.173. The summed E-state index contributed by atoms with van der Waals surface area (Å²) in [6.45, 7) is 6.21. The van der Waals surface area contributed by atoms with E-state index in [9.17, 15) is 9.18 Å². The van der Waals surface area contributed by atoms with Gasteiger partial charge in [0, 0.05) is 12.6 Å². The molecule has 1 fully saturated rings. The first kappa shape index (κ1) is 17.2. The Bertz CT molecular complexity index is 714. The van der Waals surface area contributed by atoms with Crippen molar-refractivity contribution in [2.45, 2.75) is 52.0 Å². The lowest BCUT2D eigenvalue weighted by Crippen LogP contribution is -2.35. The lowest BCUT2D eigenvalue weighted by Gasteiger charge is -2.31. The molecule has 3 rings (SSSR count). The average molecular weight is 334 g/mol. The fraction of sp³-hybridized carbons (Fsp3) is 0.632. The molecule has 0 unspecified atom stereocenters. The number of likely N-dealkylation sites (tertiary alicyclic amines) is 1. The Morgan fingerprint density at radius 3 is 2.75 bits per heavy atom. The summed E-state index contributed by atoms with van der Waals surface area (Å²) in [4.78, 5) is 14.4. The minimum atomic E-state index is -0.395. The van der Waals surface area contributed by atoms with E-state index in [1.807, 2.05) is 0 Å². The molecule has 0 spiro atoms. The molecule has 1 aliphatic rings. The van der Waals surface area contributed by atoms with Gasteiger partial charge in [0.05, 0.1) is 5.52 Å². The zero-order chi connectivity index (χ0) is 16.9. The van der Waals surface area contributed by atoms with Crippen LogP contribution in [0.4, 0.5) is 4.39 Å². The molecule has 0 saturated carbocycles. The highest BCUT2D eigenvalue weighted by Gasteiger charge is 2.18. The first-order chi connectivity index (χ1) is 11.7. The summed E-state index contributed by atoms with van der Waals surface area (Å²) in [5.74, 6) is 0.125. The van der Waals surface area contributed by atoms with Gasteiger partial charge in [0.15, 0.2) is 5.58 Å². The molecule has 24 heavy (non-hydrogen) atoms. The number of aryl methyl sites for hydroxylation is 1. The fourth-order valence-corrected chi connectivity index (χ4v) is 3.70. The van der Waals surface area contributed by atoms with Crippen LogP contribution >= 0.6 is 0 Å². The molecule has 0 aliphatic carbocycles. The zero-order valence-corrected chi connectivity index (χ0v) is 14.5. The summed E-state index contributed by atoms with van der Waals surface area (Å²) in [7, 11) is 0. The minimum absolute atomic E-state index is 0.330. The van der Waals surface area contributed by atoms with E-state index >= 15 is 0 Å². The summed E-state index contributed by atoms with van der Waals surface area (Å²) in [6, 6.07) is 4.26. The Morgan fingerprint density at radius 1 is 1.21 bits per heavy atom. The highest BCUT2D eigenvalue weighted by molar-refractivity contribution is 5.72. The predicted octanol–water partition coefficient (Wildman–Crippen LogP) is 4.03. The number of nitrogens with zero attached hydrogens (tertiary/aromatic N) is 2. The standard InChI is InChI=1S/C19H27FN2O2/c1-2-3-5-15-8-12-21(13-9-15)10-4-11-22-17-7-6-16(20)14-18(17)24-19(22)23/h6-7,14-15H,2-5,8-13H2,1H3. The van der Waals surface area contributed by atoms with Crippen molar-refractivity contribution >= 4 is 11.1 Å². The Balaban J connectivity index is 1.49. The van der Waals surface area contributed by atoms with Gasteiger partial charge < -0.3 is 9.32 Å². The van der Waals surface area contributed by atoms with E-state index in [0.29, 0.717) is 17.6 Å². The van der Waals surface area contributed by atoms with E-state index in [2.05, 4.69) is 11.8 Å². The van der Waals surface area contributed by atoms with Gasteiger partial charge in [0.2, 0.25) is 0 Å². The van der Waals surface area contributed by atoms with Gasteiger partial charge in [-0.25, -0.2) is 9.18 Å². The summed E-state index contributed by atoms with van der Waals surface area (Å²) >= 11 is 0. The maximum atomic E-state index is 13.2. The number of unbranched alkanes of at least 4 members (excludes halogenated alkanes) is 1. The Hall–Kier alpha value is -1.62. The molecule has 0 bridgehead atoms. The number of hydrogen-bond donors (Lipinski definition) is 0. The number of fused-ring (bicyclic) bond motifs is 1. The number of rotatable bonds is 7. The number of hydrogen-bond acceptors (Lipinski definition) is 3. The van der Waals surface area contributed by atoms with Crippen molar-refractivity contribution in [3.05, 3.63) is 34.6 Å². The van der Waals surface area contributed by atoms with Crippen molar-refractivity contribution in [3.8, 4) is 0 Å². The van der Waals surface area contributed by atoms with E-state index < -0.39 is 5.76 Å². The van der Waals surface area contributed by atoms with E-state index in [1.54, 1.807) is 10.6 Å². The molecule has 2 heterocycles. The van der Waals surface area contributed by atoms with E-state index in [0.717, 1.165) is 18.9 Å². The number of piperidine rings is 1. The van der Waals surface area contributed by atoms with Crippen LogP contribution < -0.4 is 5.76 Å². The molecule has 2 aromatic rings. The monoisotopic (exact) mass is 334 g/mol. The van der Waals surface area contributed by atoms with Crippen molar-refractivity contribution in [1.82, 2.24) is 9.47 Å². The van der Waals surface area contributed by atoms with Crippen molar-refractivity contribution < 1.29 is 8.81 Å². The molecule has 0 atom stereocenters. The summed E-state index contributed by atoms with van der Waals surface area (Å²) < 4.78 is 19.9. The summed E-state index contributed by atoms with van der Waals surface area (Å²) in [6.07, 6.45) is 7.52. The van der Waals surface area contributed by atoms with Crippen LogP contribution in [0.15, 0.2) is 27.4 Å². The number of halogens is 1. The van der Waals surface area contributed by atoms with E-state index in [4.69, 9.17) is 4.42 Å². The van der Waals surface area contributed by atoms with Gasteiger partial charge in [0.25, 0.3) is 0 Å². The van der Waals surface area contributed by atoms with Crippen LogP contribution in [-0.2, 0) is 6.54 Å². The van der Waals surface area contributed by atoms with Crippen molar-refractivity contribution in [2.24, 2.45) is 5.92 Å². The molecule has 5 heteroatoms. The van der Waals surface area contributed by atoms with Crippen LogP contribution in [0.25, 0.3) is 11.1 Å². The minimum Gasteiger partial charge on any atom is -0.408 e. The molecule has 1 saturated heterocycles. The smallest absolute Gasteiger partial charge is 0.408 e. The number of oxazole rings is 1. The molecule has 132 valence electrons. The van der Waals surface area contributed by atoms with Crippen molar-refractivity contribution in [3.63, 3.8) is 0 Å². The quantitative estimate of drug-likeness (QED) is 0.767. The normalized spacial score (nSPS) is 16.9. The molecule has 0 N–H and O–H groups in total. The van der Waals surface area contributed by atoms with Crippen LogP contribution in [0.1, 0.15) is 45.4 Å².